The van der Waals surface area contributed by atoms with Crippen LogP contribution in [-0.4, -0.2) is 68.9 Å². The number of ether oxygens (including phenoxy) is 2. The molecule has 3 aromatic heterocycles. The Kier molecular flexibility index (Phi) is 9.39. The molecular weight excluding hydrogens is 631 g/mol. The molecule has 6 N–H and O–H groups in total. The van der Waals surface area contributed by atoms with Crippen molar-refractivity contribution >= 4 is 46.4 Å². The van der Waals surface area contributed by atoms with Crippen LogP contribution in [0.3, 0.4) is 0 Å². The second-order valence-corrected chi connectivity index (χ2v) is 12.6. The normalized spacial score (nSPS) is 21.8. The number of hydrogen-bond acceptors (Lipinski definition) is 15. The molecule has 4 heterocycles. The van der Waals surface area contributed by atoms with Gasteiger partial charge in [-0.05, 0) is 17.7 Å². The fraction of sp³-hybridized carbons (Fsp3) is 0.353. The Labute approximate surface area is 233 Å². The lowest BCUT2D eigenvalue weighted by atomic mass is 10.1. The lowest BCUT2D eigenvalue weighted by Crippen LogP contribution is -2.31. The molecule has 0 aliphatic carbocycles. The summed E-state index contributed by atoms with van der Waals surface area (Å²) in [4.78, 5) is 68.4. The highest BCUT2D eigenvalue weighted by atomic mass is 31.3. The number of azide groups is 1. The van der Waals surface area contributed by atoms with Gasteiger partial charge in [0, 0.05) is 17.5 Å². The third-order valence-electron chi connectivity index (χ3n) is 5.35. The quantitative estimate of drug-likeness (QED) is 0.0608. The summed E-state index contributed by atoms with van der Waals surface area (Å²) in [6.45, 7) is -1.19. The van der Waals surface area contributed by atoms with Gasteiger partial charge in [0.25, 0.3) is 0 Å². The summed E-state index contributed by atoms with van der Waals surface area (Å²) in [6.07, 6.45) is 0.171. The Balaban J connectivity index is 1.57. The van der Waals surface area contributed by atoms with Crippen LogP contribution in [0.15, 0.2) is 36.1 Å². The standard InChI is InChI=1S/C17H20N9O13P3/c18-15-14-16(22-7-21-15)26(8-23-14)13-4-11(37-17(27)9-2-1-3-20-10(9)5-24-25-19)12(36-13)6-35-41(31,32)39-42(33,34)38-40(28,29)30/h1-3,7-8,11-13H,4-6H2,(H,31,32)(H,33,34)(H2,18,21,22)(H2,28,29,30)/t11?,12-,13-/m1/s1. The molecule has 0 amide bonds. The van der Waals surface area contributed by atoms with Gasteiger partial charge in [-0.15, -0.1) is 0 Å². The largest absolute Gasteiger partial charge is 0.490 e. The molecule has 22 nitrogen and oxygen atoms in total. The number of hydrogen-bond donors (Lipinski definition) is 5. The molecule has 1 aliphatic heterocycles. The summed E-state index contributed by atoms with van der Waals surface area (Å²) in [5.41, 5.74) is 14.9. The van der Waals surface area contributed by atoms with Crippen molar-refractivity contribution in [3.8, 4) is 0 Å². The third-order valence-corrected chi connectivity index (χ3v) is 9.15. The lowest BCUT2D eigenvalue weighted by Gasteiger charge is -2.21. The molecule has 0 spiro atoms. The van der Waals surface area contributed by atoms with Crippen LogP contribution in [-0.2, 0) is 42.9 Å². The minimum atomic E-state index is -5.78. The van der Waals surface area contributed by atoms with Gasteiger partial charge in [-0.1, -0.05) is 5.11 Å². The summed E-state index contributed by atoms with van der Waals surface area (Å²) in [7, 11) is -16.9. The first-order chi connectivity index (χ1) is 19.7. The number of nitrogen functional groups attached to an aromatic ring is 1. The maximum absolute atomic E-state index is 13.1. The van der Waals surface area contributed by atoms with Crippen molar-refractivity contribution in [2.24, 2.45) is 5.11 Å². The number of nitrogens with two attached hydrogens (primary N) is 1. The number of pyridine rings is 1. The smallest absolute Gasteiger partial charge is 0.456 e. The summed E-state index contributed by atoms with van der Waals surface area (Å²) < 4.78 is 59.8. The number of carbonyl (C=O) groups is 1. The number of anilines is 1. The van der Waals surface area contributed by atoms with E-state index in [2.05, 4.69) is 38.6 Å². The minimum absolute atomic E-state index is 0.0615. The molecule has 5 atom stereocenters. The van der Waals surface area contributed by atoms with E-state index >= 15 is 0 Å². The molecule has 1 fully saturated rings. The van der Waals surface area contributed by atoms with Crippen LogP contribution in [0.1, 0.15) is 28.7 Å². The first kappa shape index (κ1) is 31.6. The zero-order valence-electron chi connectivity index (χ0n) is 20.7. The van der Waals surface area contributed by atoms with Crippen molar-refractivity contribution < 1.29 is 60.7 Å². The Morgan fingerprint density at radius 3 is 2.64 bits per heavy atom. The number of phosphoric acid groups is 3. The zero-order valence-corrected chi connectivity index (χ0v) is 23.4. The maximum Gasteiger partial charge on any atom is 0.490 e. The summed E-state index contributed by atoms with van der Waals surface area (Å²) in [5, 5.41) is 3.38. The average Bonchev–Trinajstić information content (AvgIpc) is 3.49. The van der Waals surface area contributed by atoms with Crippen molar-refractivity contribution in [1.82, 2.24) is 24.5 Å². The third kappa shape index (κ3) is 7.93. The topological polar surface area (TPSA) is 327 Å². The Morgan fingerprint density at radius 2 is 1.93 bits per heavy atom. The summed E-state index contributed by atoms with van der Waals surface area (Å²) in [5.74, 6) is -0.876. The van der Waals surface area contributed by atoms with Crippen LogP contribution in [0.5, 0.6) is 0 Å². The summed E-state index contributed by atoms with van der Waals surface area (Å²) >= 11 is 0. The van der Waals surface area contributed by atoms with E-state index in [1.54, 1.807) is 0 Å². The molecule has 0 saturated carbocycles. The van der Waals surface area contributed by atoms with Gasteiger partial charge < -0.3 is 34.8 Å². The van der Waals surface area contributed by atoms with Crippen LogP contribution in [0.4, 0.5) is 5.82 Å². The number of esters is 1. The highest BCUT2D eigenvalue weighted by molar-refractivity contribution is 7.66. The maximum atomic E-state index is 13.1. The first-order valence-electron chi connectivity index (χ1n) is 11.2. The van der Waals surface area contributed by atoms with Gasteiger partial charge in [-0.25, -0.2) is 33.4 Å². The minimum Gasteiger partial charge on any atom is -0.456 e. The molecule has 0 radical (unpaired) electrons. The van der Waals surface area contributed by atoms with Gasteiger partial charge in [0.1, 0.15) is 30.3 Å². The molecule has 42 heavy (non-hydrogen) atoms. The van der Waals surface area contributed by atoms with E-state index in [0.29, 0.717) is 0 Å². The SMILES string of the molecule is [N-]=[N+]=NCc1ncccc1C(=O)OC1C[C@H](n2cnc3c(N)ncnc32)O[C@@H]1COP(=O)(O)OP(=O)(O)OP(=O)(O)O. The number of nitrogens with zero attached hydrogens (tertiary/aromatic N) is 8. The number of carbonyl (C=O) groups excluding carboxylic acids is 1. The number of rotatable bonds is 12. The second kappa shape index (κ2) is 12.5. The van der Waals surface area contributed by atoms with Gasteiger partial charge in [-0.3, -0.25) is 14.1 Å². The second-order valence-electron chi connectivity index (χ2n) is 8.16. The molecule has 226 valence electrons. The van der Waals surface area contributed by atoms with Crippen molar-refractivity contribution in [1.29, 1.82) is 0 Å². The number of aromatic nitrogens is 5. The van der Waals surface area contributed by atoms with Crippen molar-refractivity contribution in [2.75, 3.05) is 12.3 Å². The van der Waals surface area contributed by atoms with Crippen LogP contribution >= 0.6 is 23.5 Å². The molecular formula is C17H20N9O13P3. The van der Waals surface area contributed by atoms with E-state index in [-0.39, 0.29) is 41.2 Å². The van der Waals surface area contributed by atoms with Crippen LogP contribution in [0.25, 0.3) is 21.6 Å². The number of imidazole rings is 1. The molecule has 0 bridgehead atoms. The van der Waals surface area contributed by atoms with Crippen molar-refractivity contribution in [3.05, 3.63) is 52.7 Å². The fourth-order valence-electron chi connectivity index (χ4n) is 3.75. The molecule has 4 rings (SSSR count). The highest BCUT2D eigenvalue weighted by Gasteiger charge is 2.44. The highest BCUT2D eigenvalue weighted by Crippen LogP contribution is 2.66. The van der Waals surface area contributed by atoms with Gasteiger partial charge in [0.2, 0.25) is 0 Å². The molecule has 3 aromatic rings. The number of fused-ring (bicyclic) bond motifs is 1. The predicted molar refractivity (Wildman–Crippen MR) is 134 cm³/mol. The molecule has 1 saturated heterocycles. The van der Waals surface area contributed by atoms with Crippen molar-refractivity contribution in [3.63, 3.8) is 0 Å². The number of phosphoric ester groups is 1. The Morgan fingerprint density at radius 1 is 1.17 bits per heavy atom. The van der Waals surface area contributed by atoms with Crippen molar-refractivity contribution in [2.45, 2.75) is 31.4 Å². The Hall–Kier alpha value is -3.35. The predicted octanol–water partition coefficient (Wildman–Crippen LogP) is 1.47. The fourth-order valence-corrected chi connectivity index (χ4v) is 6.78. The molecule has 1 aliphatic rings. The Bertz CT molecular complexity index is 1680. The summed E-state index contributed by atoms with van der Waals surface area (Å²) in [6, 6.07) is 2.79. The van der Waals surface area contributed by atoms with E-state index in [1.165, 1.54) is 35.6 Å². The van der Waals surface area contributed by atoms with E-state index in [0.717, 1.165) is 0 Å². The molecule has 25 heteroatoms. The van der Waals surface area contributed by atoms with Gasteiger partial charge >= 0.3 is 29.4 Å². The van der Waals surface area contributed by atoms with Crippen LogP contribution in [0.2, 0.25) is 0 Å². The molecule has 3 unspecified atom stereocenters. The average molecular weight is 651 g/mol. The van der Waals surface area contributed by atoms with E-state index < -0.39 is 54.5 Å². The van der Waals surface area contributed by atoms with E-state index in [1.807, 2.05) is 0 Å². The van der Waals surface area contributed by atoms with Crippen LogP contribution < -0.4 is 5.73 Å². The zero-order chi connectivity index (χ0) is 30.7. The van der Waals surface area contributed by atoms with E-state index in [9.17, 15) is 28.3 Å². The van der Waals surface area contributed by atoms with Gasteiger partial charge in [-0.2, -0.15) is 8.62 Å². The van der Waals surface area contributed by atoms with Gasteiger partial charge in [0.05, 0.1) is 30.7 Å². The molecule has 0 aromatic carbocycles. The van der Waals surface area contributed by atoms with Crippen LogP contribution in [0, 0.1) is 0 Å². The van der Waals surface area contributed by atoms with E-state index in [4.69, 9.17) is 35.0 Å². The monoisotopic (exact) mass is 651 g/mol. The van der Waals surface area contributed by atoms with Gasteiger partial charge in [0.15, 0.2) is 11.5 Å². The first-order valence-corrected chi connectivity index (χ1v) is 15.7. The lowest BCUT2D eigenvalue weighted by molar-refractivity contribution is -0.0490.